The normalized spacial score (nSPS) is 17.4. The first kappa shape index (κ1) is 17.5. The lowest BCUT2D eigenvalue weighted by Crippen LogP contribution is -2.48. The average Bonchev–Trinajstić information content (AvgIpc) is 2.88. The smallest absolute Gasteiger partial charge is 0.0492 e. The lowest BCUT2D eigenvalue weighted by molar-refractivity contribution is 0.222. The highest BCUT2D eigenvalue weighted by molar-refractivity contribution is 9.10. The van der Waals surface area contributed by atoms with E-state index in [4.69, 9.17) is 5.73 Å². The van der Waals surface area contributed by atoms with E-state index in [0.717, 1.165) is 48.2 Å². The number of piperazine rings is 1. The molecule has 2 aromatic carbocycles. The van der Waals surface area contributed by atoms with Gasteiger partial charge >= 0.3 is 0 Å². The number of nitrogens with two attached hydrogens (primary N) is 1. The number of aromatic nitrogens is 1. The van der Waals surface area contributed by atoms with Gasteiger partial charge in [0.2, 0.25) is 0 Å². The summed E-state index contributed by atoms with van der Waals surface area (Å²) in [5, 5.41) is 5.92. The SMILES string of the molecule is N[C@H](CN1CCNCC1)Cn1c2ccc(Br)cc2c2cc(Br)ccc21. The molecular formula is C19H22Br2N4. The molecule has 1 aromatic heterocycles. The third-order valence-electron chi connectivity index (χ3n) is 4.91. The van der Waals surface area contributed by atoms with Crippen LogP contribution in [0.4, 0.5) is 0 Å². The molecular weight excluding hydrogens is 444 g/mol. The van der Waals surface area contributed by atoms with Gasteiger partial charge in [-0.2, -0.15) is 0 Å². The molecule has 0 amide bonds. The molecule has 1 saturated heterocycles. The summed E-state index contributed by atoms with van der Waals surface area (Å²) < 4.78 is 4.57. The van der Waals surface area contributed by atoms with Gasteiger partial charge in [0.1, 0.15) is 0 Å². The van der Waals surface area contributed by atoms with E-state index in [1.807, 2.05) is 0 Å². The second-order valence-corrected chi connectivity index (χ2v) is 8.58. The number of hydrogen-bond acceptors (Lipinski definition) is 3. The van der Waals surface area contributed by atoms with Crippen molar-refractivity contribution in [3.8, 4) is 0 Å². The van der Waals surface area contributed by atoms with E-state index in [1.54, 1.807) is 0 Å². The van der Waals surface area contributed by atoms with Crippen LogP contribution in [-0.2, 0) is 6.54 Å². The molecule has 1 aliphatic rings. The predicted octanol–water partition coefficient (Wildman–Crippen LogP) is 3.55. The second kappa shape index (κ2) is 7.37. The third-order valence-corrected chi connectivity index (χ3v) is 5.89. The van der Waals surface area contributed by atoms with Crippen molar-refractivity contribution in [1.82, 2.24) is 14.8 Å². The Balaban J connectivity index is 1.69. The Labute approximate surface area is 164 Å². The van der Waals surface area contributed by atoms with Gasteiger partial charge in [-0.25, -0.2) is 0 Å². The lowest BCUT2D eigenvalue weighted by Gasteiger charge is -2.29. The number of nitrogens with one attached hydrogen (secondary N) is 1. The van der Waals surface area contributed by atoms with Crippen molar-refractivity contribution in [3.05, 3.63) is 45.3 Å². The Hall–Kier alpha value is -0.920. The predicted molar refractivity (Wildman–Crippen MR) is 112 cm³/mol. The van der Waals surface area contributed by atoms with E-state index in [2.05, 4.69) is 83.0 Å². The summed E-state index contributed by atoms with van der Waals surface area (Å²) >= 11 is 7.21. The molecule has 0 bridgehead atoms. The van der Waals surface area contributed by atoms with Crippen LogP contribution in [0.15, 0.2) is 45.3 Å². The molecule has 4 rings (SSSR count). The molecule has 0 aliphatic carbocycles. The van der Waals surface area contributed by atoms with Crippen LogP contribution in [0.2, 0.25) is 0 Å². The summed E-state index contributed by atoms with van der Waals surface area (Å²) in [5.41, 5.74) is 9.02. The first-order valence-corrected chi connectivity index (χ1v) is 10.3. The molecule has 0 unspecified atom stereocenters. The molecule has 1 atom stereocenters. The van der Waals surface area contributed by atoms with Gasteiger partial charge in [-0.3, -0.25) is 4.90 Å². The lowest BCUT2D eigenvalue weighted by atomic mass is 10.2. The van der Waals surface area contributed by atoms with Gasteiger partial charge in [0, 0.05) is 76.1 Å². The number of rotatable bonds is 4. The van der Waals surface area contributed by atoms with Gasteiger partial charge < -0.3 is 15.6 Å². The van der Waals surface area contributed by atoms with Crippen LogP contribution in [0.5, 0.6) is 0 Å². The Kier molecular flexibility index (Phi) is 5.15. The van der Waals surface area contributed by atoms with Gasteiger partial charge in [0.05, 0.1) is 0 Å². The van der Waals surface area contributed by atoms with E-state index in [0.29, 0.717) is 0 Å². The highest BCUT2D eigenvalue weighted by Gasteiger charge is 2.17. The number of halogens is 2. The quantitative estimate of drug-likeness (QED) is 0.619. The maximum absolute atomic E-state index is 6.54. The van der Waals surface area contributed by atoms with Crippen LogP contribution < -0.4 is 11.1 Å². The van der Waals surface area contributed by atoms with E-state index in [1.165, 1.54) is 21.8 Å². The molecule has 25 heavy (non-hydrogen) atoms. The van der Waals surface area contributed by atoms with Crippen molar-refractivity contribution in [2.75, 3.05) is 32.7 Å². The Bertz CT molecular complexity index is 840. The summed E-state index contributed by atoms with van der Waals surface area (Å²) in [5.74, 6) is 0. The first-order valence-electron chi connectivity index (χ1n) is 8.67. The Morgan fingerprint density at radius 1 is 0.920 bits per heavy atom. The zero-order valence-electron chi connectivity index (χ0n) is 14.0. The summed E-state index contributed by atoms with van der Waals surface area (Å²) in [4.78, 5) is 2.46. The molecule has 2 heterocycles. The summed E-state index contributed by atoms with van der Waals surface area (Å²) in [7, 11) is 0. The molecule has 3 aromatic rings. The minimum absolute atomic E-state index is 0.115. The van der Waals surface area contributed by atoms with E-state index in [9.17, 15) is 0 Å². The van der Waals surface area contributed by atoms with E-state index >= 15 is 0 Å². The highest BCUT2D eigenvalue weighted by atomic mass is 79.9. The minimum atomic E-state index is 0.115. The van der Waals surface area contributed by atoms with Gasteiger partial charge in [-0.15, -0.1) is 0 Å². The van der Waals surface area contributed by atoms with Crippen molar-refractivity contribution in [2.45, 2.75) is 12.6 Å². The van der Waals surface area contributed by atoms with Gasteiger partial charge in [-0.1, -0.05) is 31.9 Å². The van der Waals surface area contributed by atoms with E-state index < -0.39 is 0 Å². The molecule has 1 aliphatic heterocycles. The molecule has 0 radical (unpaired) electrons. The monoisotopic (exact) mass is 464 g/mol. The fraction of sp³-hybridized carbons (Fsp3) is 0.368. The maximum Gasteiger partial charge on any atom is 0.0492 e. The zero-order chi connectivity index (χ0) is 17.4. The van der Waals surface area contributed by atoms with Gasteiger partial charge in [0.25, 0.3) is 0 Å². The number of benzene rings is 2. The number of hydrogen-bond donors (Lipinski definition) is 2. The third kappa shape index (κ3) is 3.64. The van der Waals surface area contributed by atoms with Gasteiger partial charge in [-0.05, 0) is 36.4 Å². The Morgan fingerprint density at radius 2 is 1.48 bits per heavy atom. The zero-order valence-corrected chi connectivity index (χ0v) is 17.2. The van der Waals surface area contributed by atoms with Crippen LogP contribution in [0, 0.1) is 0 Å². The van der Waals surface area contributed by atoms with Crippen LogP contribution in [0.1, 0.15) is 0 Å². The fourth-order valence-corrected chi connectivity index (χ4v) is 4.48. The van der Waals surface area contributed by atoms with Crippen LogP contribution >= 0.6 is 31.9 Å². The summed E-state index contributed by atoms with van der Waals surface area (Å²) in [6, 6.07) is 13.1. The summed E-state index contributed by atoms with van der Waals surface area (Å²) in [6.45, 7) is 6.05. The van der Waals surface area contributed by atoms with Crippen molar-refractivity contribution in [3.63, 3.8) is 0 Å². The molecule has 1 fully saturated rings. The number of nitrogens with zero attached hydrogens (tertiary/aromatic N) is 2. The average molecular weight is 466 g/mol. The molecule has 4 nitrogen and oxygen atoms in total. The topological polar surface area (TPSA) is 46.2 Å². The van der Waals surface area contributed by atoms with Crippen molar-refractivity contribution >= 4 is 53.7 Å². The molecule has 6 heteroatoms. The second-order valence-electron chi connectivity index (χ2n) is 6.74. The van der Waals surface area contributed by atoms with E-state index in [-0.39, 0.29) is 6.04 Å². The Morgan fingerprint density at radius 3 is 2.04 bits per heavy atom. The van der Waals surface area contributed by atoms with Gasteiger partial charge in [0.15, 0.2) is 0 Å². The molecule has 132 valence electrons. The standard InChI is InChI=1S/C19H22Br2N4/c20-13-1-3-18-16(9-13)17-10-14(21)2-4-19(17)25(18)12-15(22)11-24-7-5-23-6-8-24/h1-4,9-10,15,23H,5-8,11-12,22H2/t15-/m1/s1. The fourth-order valence-electron chi connectivity index (χ4n) is 3.76. The van der Waals surface area contributed by atoms with Crippen LogP contribution in [-0.4, -0.2) is 48.2 Å². The van der Waals surface area contributed by atoms with Crippen LogP contribution in [0.3, 0.4) is 0 Å². The first-order chi connectivity index (χ1) is 12.1. The number of fused-ring (bicyclic) bond motifs is 3. The van der Waals surface area contributed by atoms with Crippen molar-refractivity contribution in [1.29, 1.82) is 0 Å². The van der Waals surface area contributed by atoms with Crippen LogP contribution in [0.25, 0.3) is 21.8 Å². The van der Waals surface area contributed by atoms with Crippen molar-refractivity contribution in [2.24, 2.45) is 5.73 Å². The minimum Gasteiger partial charge on any atom is -0.339 e. The molecule has 3 N–H and O–H groups in total. The highest BCUT2D eigenvalue weighted by Crippen LogP contribution is 2.33. The molecule has 0 spiro atoms. The largest absolute Gasteiger partial charge is 0.339 e. The summed E-state index contributed by atoms with van der Waals surface area (Å²) in [6.07, 6.45) is 0. The molecule has 0 saturated carbocycles. The maximum atomic E-state index is 6.54. The van der Waals surface area contributed by atoms with Crippen molar-refractivity contribution < 1.29 is 0 Å².